The van der Waals surface area contributed by atoms with Gasteiger partial charge < -0.3 is 0 Å². The second-order valence-electron chi connectivity index (χ2n) is 5.77. The molecule has 0 bridgehead atoms. The number of aliphatic imine (C=N–C) groups is 1. The van der Waals surface area contributed by atoms with Gasteiger partial charge in [-0.05, 0) is 43.7 Å². The predicted molar refractivity (Wildman–Crippen MR) is 99.1 cm³/mol. The second-order valence-corrected chi connectivity index (χ2v) is 7.42. The van der Waals surface area contributed by atoms with Crippen LogP contribution in [0.25, 0.3) is 0 Å². The Kier molecular flexibility index (Phi) is 5.00. The van der Waals surface area contributed by atoms with Crippen LogP contribution in [0.5, 0.6) is 0 Å². The molecule has 2 aromatic rings. The number of carbonyl (C=O) groups is 1. The molecule has 1 N–H and O–H groups in total. The number of hydrogen-bond acceptors (Lipinski definition) is 5. The van der Waals surface area contributed by atoms with Gasteiger partial charge in [-0.2, -0.15) is 0 Å². The number of aromatic nitrogens is 1. The van der Waals surface area contributed by atoms with Crippen molar-refractivity contribution >= 4 is 21.6 Å². The molecule has 0 saturated carbocycles. The third kappa shape index (κ3) is 3.70. The number of nitrogens with zero attached hydrogens (tertiary/aromatic N) is 2. The Hall–Kier alpha value is -3.13. The minimum atomic E-state index is -4.06. The molecule has 0 radical (unpaired) electrons. The van der Waals surface area contributed by atoms with Crippen molar-refractivity contribution in [2.24, 2.45) is 4.99 Å². The van der Waals surface area contributed by atoms with E-state index in [4.69, 9.17) is 0 Å². The standard InChI is InChI=1S/C19H16FN3O3S/c1-3-13-11-15(22-17(13)18-14(20)8-6-10-21-18)19(24)23-27(25,26)16-9-5-4-7-12(16)2/h3-11H,1-2H3,(H,23,24)/b13-3+. The molecule has 0 unspecified atom stereocenters. The maximum Gasteiger partial charge on any atom is 0.283 e. The van der Waals surface area contributed by atoms with Crippen molar-refractivity contribution in [1.82, 2.24) is 9.71 Å². The van der Waals surface area contributed by atoms with Crippen LogP contribution in [0.3, 0.4) is 0 Å². The molecular weight excluding hydrogens is 369 g/mol. The van der Waals surface area contributed by atoms with E-state index >= 15 is 0 Å². The minimum absolute atomic E-state index is 0.00294. The maximum absolute atomic E-state index is 14.0. The Morgan fingerprint density at radius 1 is 1.19 bits per heavy atom. The Balaban J connectivity index is 1.92. The summed E-state index contributed by atoms with van der Waals surface area (Å²) in [5, 5.41) is 0. The lowest BCUT2D eigenvalue weighted by molar-refractivity contribution is -0.115. The number of carbonyl (C=O) groups excluding carboxylic acids is 1. The maximum atomic E-state index is 14.0. The van der Waals surface area contributed by atoms with E-state index in [0.717, 1.165) is 0 Å². The highest BCUT2D eigenvalue weighted by Gasteiger charge is 2.27. The smallest absolute Gasteiger partial charge is 0.266 e. The average Bonchev–Trinajstić information content (AvgIpc) is 3.06. The largest absolute Gasteiger partial charge is 0.283 e. The van der Waals surface area contributed by atoms with Crippen molar-refractivity contribution in [2.75, 3.05) is 0 Å². The summed E-state index contributed by atoms with van der Waals surface area (Å²) in [4.78, 5) is 20.5. The van der Waals surface area contributed by atoms with Crippen LogP contribution < -0.4 is 4.72 Å². The number of amides is 1. The molecule has 27 heavy (non-hydrogen) atoms. The number of rotatable bonds is 4. The van der Waals surface area contributed by atoms with Gasteiger partial charge >= 0.3 is 0 Å². The van der Waals surface area contributed by atoms with Gasteiger partial charge in [0.1, 0.15) is 11.4 Å². The topological polar surface area (TPSA) is 88.5 Å². The number of aryl methyl sites for hydroxylation is 1. The highest BCUT2D eigenvalue weighted by molar-refractivity contribution is 7.90. The van der Waals surface area contributed by atoms with Crippen LogP contribution in [0.2, 0.25) is 0 Å². The zero-order chi connectivity index (χ0) is 19.6. The summed E-state index contributed by atoms with van der Waals surface area (Å²) in [5.41, 5.74) is 1.01. The van der Waals surface area contributed by atoms with Gasteiger partial charge in [0.25, 0.3) is 15.9 Å². The predicted octanol–water partition coefficient (Wildman–Crippen LogP) is 2.67. The number of halogens is 1. The normalized spacial score (nSPS) is 15.4. The van der Waals surface area contributed by atoms with Crippen molar-refractivity contribution in [3.8, 4) is 0 Å². The van der Waals surface area contributed by atoms with Crippen molar-refractivity contribution in [1.29, 1.82) is 0 Å². The molecule has 1 aromatic heterocycles. The molecule has 1 aliphatic rings. The zero-order valence-electron chi connectivity index (χ0n) is 14.6. The molecule has 6 nitrogen and oxygen atoms in total. The zero-order valence-corrected chi connectivity index (χ0v) is 15.4. The fraction of sp³-hybridized carbons (Fsp3) is 0.105. The van der Waals surface area contributed by atoms with Crippen molar-refractivity contribution < 1.29 is 17.6 Å². The molecule has 138 valence electrons. The summed E-state index contributed by atoms with van der Waals surface area (Å²) in [7, 11) is -4.06. The number of allylic oxidation sites excluding steroid dienone is 3. The molecule has 0 aliphatic carbocycles. The highest BCUT2D eigenvalue weighted by atomic mass is 32.2. The van der Waals surface area contributed by atoms with Crippen LogP contribution in [0.15, 0.2) is 75.9 Å². The molecule has 0 spiro atoms. The molecule has 3 rings (SSSR count). The van der Waals surface area contributed by atoms with Crippen LogP contribution in [0, 0.1) is 12.7 Å². The molecule has 0 fully saturated rings. The number of benzene rings is 1. The van der Waals surface area contributed by atoms with Gasteiger partial charge in [-0.25, -0.2) is 22.5 Å². The van der Waals surface area contributed by atoms with Gasteiger partial charge in [0.05, 0.1) is 10.6 Å². The van der Waals surface area contributed by atoms with Crippen molar-refractivity contribution in [3.63, 3.8) is 0 Å². The molecule has 2 heterocycles. The molecule has 1 aliphatic heterocycles. The molecule has 0 atom stereocenters. The van der Waals surface area contributed by atoms with E-state index in [-0.39, 0.29) is 22.0 Å². The molecule has 1 amide bonds. The summed E-state index contributed by atoms with van der Waals surface area (Å²) in [6.07, 6.45) is 4.45. The third-order valence-electron chi connectivity index (χ3n) is 3.93. The van der Waals surface area contributed by atoms with Gasteiger partial charge in [0, 0.05) is 11.8 Å². The summed E-state index contributed by atoms with van der Waals surface area (Å²) in [5.74, 6) is -1.48. The summed E-state index contributed by atoms with van der Waals surface area (Å²) in [6, 6.07) is 8.98. The van der Waals surface area contributed by atoms with Gasteiger partial charge in [0.15, 0.2) is 5.82 Å². The van der Waals surface area contributed by atoms with E-state index in [9.17, 15) is 17.6 Å². The molecule has 1 aromatic carbocycles. The Morgan fingerprint density at radius 3 is 2.59 bits per heavy atom. The number of hydrogen-bond donors (Lipinski definition) is 1. The van der Waals surface area contributed by atoms with Crippen LogP contribution >= 0.6 is 0 Å². The van der Waals surface area contributed by atoms with E-state index in [1.54, 1.807) is 38.1 Å². The highest BCUT2D eigenvalue weighted by Crippen LogP contribution is 2.23. The molecular formula is C19H16FN3O3S. The SMILES string of the molecule is C/C=C1\C=C(C(=O)NS(=O)(=O)c2ccccc2C)N=C1c1ncccc1F. The molecule has 8 heteroatoms. The van der Waals surface area contributed by atoms with E-state index in [2.05, 4.69) is 9.98 Å². The van der Waals surface area contributed by atoms with E-state index in [0.29, 0.717) is 11.1 Å². The van der Waals surface area contributed by atoms with Crippen molar-refractivity contribution in [3.05, 3.63) is 83.1 Å². The summed E-state index contributed by atoms with van der Waals surface area (Å²) in [6.45, 7) is 3.33. The van der Waals surface area contributed by atoms with Gasteiger partial charge in [-0.3, -0.25) is 9.78 Å². The van der Waals surface area contributed by atoms with E-state index < -0.39 is 21.7 Å². The first-order valence-electron chi connectivity index (χ1n) is 8.04. The first kappa shape index (κ1) is 18.7. The molecule has 0 saturated heterocycles. The lowest BCUT2D eigenvalue weighted by atomic mass is 10.1. The van der Waals surface area contributed by atoms with E-state index in [1.807, 2.05) is 4.72 Å². The lowest BCUT2D eigenvalue weighted by Crippen LogP contribution is -2.31. The van der Waals surface area contributed by atoms with Gasteiger partial charge in [0.2, 0.25) is 0 Å². The lowest BCUT2D eigenvalue weighted by Gasteiger charge is -2.08. The first-order chi connectivity index (χ1) is 12.8. The third-order valence-corrected chi connectivity index (χ3v) is 5.43. The van der Waals surface area contributed by atoms with Crippen LogP contribution in [-0.2, 0) is 14.8 Å². The summed E-state index contributed by atoms with van der Waals surface area (Å²) >= 11 is 0. The Bertz CT molecular complexity index is 1120. The quantitative estimate of drug-likeness (QED) is 0.876. The monoisotopic (exact) mass is 385 g/mol. The fourth-order valence-corrected chi connectivity index (χ4v) is 3.81. The fourth-order valence-electron chi connectivity index (χ4n) is 2.61. The van der Waals surface area contributed by atoms with Gasteiger partial charge in [-0.1, -0.05) is 24.3 Å². The number of sulfonamides is 1. The number of pyridine rings is 1. The summed E-state index contributed by atoms with van der Waals surface area (Å²) < 4.78 is 41.0. The number of nitrogens with one attached hydrogen (secondary N) is 1. The van der Waals surface area contributed by atoms with Crippen molar-refractivity contribution in [2.45, 2.75) is 18.7 Å². The van der Waals surface area contributed by atoms with Crippen LogP contribution in [0.1, 0.15) is 18.2 Å². The van der Waals surface area contributed by atoms with Crippen LogP contribution in [-0.4, -0.2) is 25.0 Å². The first-order valence-corrected chi connectivity index (χ1v) is 9.52. The van der Waals surface area contributed by atoms with Gasteiger partial charge in [-0.15, -0.1) is 0 Å². The van der Waals surface area contributed by atoms with E-state index in [1.165, 1.54) is 30.5 Å². The second kappa shape index (κ2) is 7.24. The Labute approximate surface area is 156 Å². The Morgan fingerprint density at radius 2 is 1.93 bits per heavy atom. The minimum Gasteiger partial charge on any atom is -0.266 e. The average molecular weight is 385 g/mol. The van der Waals surface area contributed by atoms with Crippen LogP contribution in [0.4, 0.5) is 4.39 Å².